The first kappa shape index (κ1) is 17.9. The van der Waals surface area contributed by atoms with Gasteiger partial charge in [-0.15, -0.1) is 0 Å². The topological polar surface area (TPSA) is 75.6 Å². The zero-order valence-corrected chi connectivity index (χ0v) is 16.9. The maximum Gasteiger partial charge on any atom is 0.243 e. The molecule has 2 saturated heterocycles. The van der Waals surface area contributed by atoms with Crippen molar-refractivity contribution in [2.45, 2.75) is 25.2 Å². The van der Waals surface area contributed by atoms with Gasteiger partial charge in [0, 0.05) is 43.9 Å². The molecule has 28 heavy (non-hydrogen) atoms. The summed E-state index contributed by atoms with van der Waals surface area (Å²) in [6, 6.07) is 5.24. The van der Waals surface area contributed by atoms with Crippen molar-refractivity contribution in [1.29, 1.82) is 0 Å². The fourth-order valence-corrected chi connectivity index (χ4v) is 6.24. The monoisotopic (exact) mass is 400 g/mol. The number of nitrogens with zero attached hydrogens (tertiary/aromatic N) is 4. The van der Waals surface area contributed by atoms with Gasteiger partial charge in [-0.1, -0.05) is 0 Å². The van der Waals surface area contributed by atoms with E-state index < -0.39 is 10.0 Å². The summed E-state index contributed by atoms with van der Waals surface area (Å²) in [7, 11) is -3.47. The Balaban J connectivity index is 1.33. The average Bonchev–Trinajstić information content (AvgIpc) is 3.37. The molecule has 1 aromatic carbocycles. The fraction of sp³-hybridized carbons (Fsp3) is 0.500. The Kier molecular flexibility index (Phi) is 4.10. The predicted octanol–water partition coefficient (Wildman–Crippen LogP) is 1.79. The van der Waals surface area contributed by atoms with Crippen LogP contribution in [-0.2, 0) is 16.4 Å². The Morgan fingerprint density at radius 1 is 1.07 bits per heavy atom. The summed E-state index contributed by atoms with van der Waals surface area (Å²) in [6.07, 6.45) is 2.39. The molecule has 0 radical (unpaired) electrons. The van der Waals surface area contributed by atoms with E-state index in [0.717, 1.165) is 47.9 Å². The number of rotatable bonds is 3. The third kappa shape index (κ3) is 2.78. The van der Waals surface area contributed by atoms with E-state index in [9.17, 15) is 8.42 Å². The van der Waals surface area contributed by atoms with Crippen molar-refractivity contribution in [3.8, 4) is 5.75 Å². The van der Waals surface area contributed by atoms with E-state index in [-0.39, 0.29) is 0 Å². The summed E-state index contributed by atoms with van der Waals surface area (Å²) in [5.41, 5.74) is 3.08. The van der Waals surface area contributed by atoms with Crippen LogP contribution in [0.1, 0.15) is 16.8 Å². The van der Waals surface area contributed by atoms with Gasteiger partial charge < -0.3 is 9.64 Å². The van der Waals surface area contributed by atoms with Gasteiger partial charge in [-0.05, 0) is 49.4 Å². The number of sulfonamides is 1. The molecule has 0 spiro atoms. The van der Waals surface area contributed by atoms with E-state index >= 15 is 0 Å². The molecule has 2 aromatic rings. The molecule has 1 aromatic heterocycles. The minimum absolute atomic E-state index is 0.335. The molecule has 3 aliphatic heterocycles. The second-order valence-electron chi connectivity index (χ2n) is 8.02. The molecule has 7 nitrogen and oxygen atoms in total. The molecule has 0 saturated carbocycles. The molecule has 0 aliphatic carbocycles. The number of anilines is 1. The molecule has 148 valence electrons. The quantitative estimate of drug-likeness (QED) is 0.782. The van der Waals surface area contributed by atoms with E-state index in [1.165, 1.54) is 0 Å². The maximum atomic E-state index is 13.2. The van der Waals surface area contributed by atoms with Crippen molar-refractivity contribution >= 4 is 15.8 Å². The number of fused-ring (bicyclic) bond motifs is 2. The molecule has 2 atom stereocenters. The standard InChI is InChI=1S/C20H24N4O3S/c1-13-14(2)21-12-22-20(13)23-8-16-10-24(11-17(16)9-23)28(25,26)18-3-4-19-15(7-18)5-6-27-19/h3-4,7,12,16-17H,5-6,8-11H2,1-2H3. The molecule has 0 amide bonds. The summed E-state index contributed by atoms with van der Waals surface area (Å²) < 4.78 is 33.5. The third-order valence-electron chi connectivity index (χ3n) is 6.36. The summed E-state index contributed by atoms with van der Waals surface area (Å²) >= 11 is 0. The van der Waals surface area contributed by atoms with Crippen LogP contribution in [0, 0.1) is 25.7 Å². The van der Waals surface area contributed by atoms with Crippen LogP contribution in [0.2, 0.25) is 0 Å². The molecule has 2 unspecified atom stereocenters. The maximum absolute atomic E-state index is 13.2. The van der Waals surface area contributed by atoms with E-state index in [1.54, 1.807) is 28.8 Å². The van der Waals surface area contributed by atoms with Crippen molar-refractivity contribution < 1.29 is 13.2 Å². The largest absolute Gasteiger partial charge is 0.493 e. The third-order valence-corrected chi connectivity index (χ3v) is 8.19. The van der Waals surface area contributed by atoms with Gasteiger partial charge in [-0.3, -0.25) is 0 Å². The lowest BCUT2D eigenvalue weighted by Crippen LogP contribution is -2.33. The molecule has 8 heteroatoms. The number of benzene rings is 1. The number of hydrogen-bond acceptors (Lipinski definition) is 6. The van der Waals surface area contributed by atoms with Crippen molar-refractivity contribution in [2.24, 2.45) is 11.8 Å². The fourth-order valence-electron chi connectivity index (χ4n) is 4.64. The highest BCUT2D eigenvalue weighted by molar-refractivity contribution is 7.89. The summed E-state index contributed by atoms with van der Waals surface area (Å²) in [5, 5.41) is 0. The van der Waals surface area contributed by atoms with Crippen LogP contribution < -0.4 is 9.64 Å². The van der Waals surface area contributed by atoms with Gasteiger partial charge in [0.15, 0.2) is 0 Å². The van der Waals surface area contributed by atoms with E-state index in [0.29, 0.717) is 36.4 Å². The lowest BCUT2D eigenvalue weighted by molar-refractivity contribution is 0.356. The smallest absolute Gasteiger partial charge is 0.243 e. The van der Waals surface area contributed by atoms with E-state index in [1.807, 2.05) is 13.8 Å². The van der Waals surface area contributed by atoms with Crippen molar-refractivity contribution in [1.82, 2.24) is 14.3 Å². The highest BCUT2D eigenvalue weighted by Gasteiger charge is 2.45. The van der Waals surface area contributed by atoms with Crippen molar-refractivity contribution in [3.63, 3.8) is 0 Å². The van der Waals surface area contributed by atoms with Crippen LogP contribution in [0.15, 0.2) is 29.4 Å². The Morgan fingerprint density at radius 3 is 2.57 bits per heavy atom. The van der Waals surface area contributed by atoms with Gasteiger partial charge in [0.1, 0.15) is 17.9 Å². The summed E-state index contributed by atoms with van der Waals surface area (Å²) in [4.78, 5) is 11.4. The van der Waals surface area contributed by atoms with Crippen molar-refractivity contribution in [3.05, 3.63) is 41.3 Å². The first-order valence-electron chi connectivity index (χ1n) is 9.72. The number of hydrogen-bond donors (Lipinski definition) is 0. The lowest BCUT2D eigenvalue weighted by atomic mass is 10.0. The zero-order valence-electron chi connectivity index (χ0n) is 16.1. The Hall–Kier alpha value is -2.19. The Morgan fingerprint density at radius 2 is 1.82 bits per heavy atom. The number of aryl methyl sites for hydroxylation is 1. The summed E-state index contributed by atoms with van der Waals surface area (Å²) in [5.74, 6) is 2.46. The second-order valence-corrected chi connectivity index (χ2v) is 9.96. The molecule has 4 heterocycles. The Bertz CT molecular complexity index is 1030. The minimum Gasteiger partial charge on any atom is -0.493 e. The van der Waals surface area contributed by atoms with Crippen LogP contribution >= 0.6 is 0 Å². The Labute approximate surface area is 165 Å². The van der Waals surface area contributed by atoms with Crippen molar-refractivity contribution in [2.75, 3.05) is 37.7 Å². The van der Waals surface area contributed by atoms with Crippen LogP contribution in [-0.4, -0.2) is 55.5 Å². The molecular formula is C20H24N4O3S. The summed E-state index contributed by atoms with van der Waals surface area (Å²) in [6.45, 7) is 7.49. The molecule has 0 bridgehead atoms. The van der Waals surface area contributed by atoms with Gasteiger partial charge in [-0.25, -0.2) is 18.4 Å². The van der Waals surface area contributed by atoms with Gasteiger partial charge in [-0.2, -0.15) is 4.31 Å². The van der Waals surface area contributed by atoms with Gasteiger partial charge in [0.05, 0.1) is 11.5 Å². The normalized spacial score (nSPS) is 24.3. The predicted molar refractivity (Wildman–Crippen MR) is 105 cm³/mol. The van der Waals surface area contributed by atoms with E-state index in [2.05, 4.69) is 14.9 Å². The van der Waals surface area contributed by atoms with Crippen LogP contribution in [0.25, 0.3) is 0 Å². The molecule has 0 N–H and O–H groups in total. The average molecular weight is 401 g/mol. The number of aromatic nitrogens is 2. The van der Waals surface area contributed by atoms with Gasteiger partial charge in [0.25, 0.3) is 0 Å². The molecule has 3 aliphatic rings. The first-order chi connectivity index (χ1) is 13.4. The van der Waals surface area contributed by atoms with Crippen LogP contribution in [0.3, 0.4) is 0 Å². The lowest BCUT2D eigenvalue weighted by Gasteiger charge is -2.23. The van der Waals surface area contributed by atoms with E-state index in [4.69, 9.17) is 4.74 Å². The van der Waals surface area contributed by atoms with Crippen LogP contribution in [0.5, 0.6) is 5.75 Å². The second kappa shape index (κ2) is 6.42. The van der Waals surface area contributed by atoms with Gasteiger partial charge >= 0.3 is 0 Å². The molecular weight excluding hydrogens is 376 g/mol. The van der Waals surface area contributed by atoms with Crippen LogP contribution in [0.4, 0.5) is 5.82 Å². The van der Waals surface area contributed by atoms with Gasteiger partial charge in [0.2, 0.25) is 10.0 Å². The highest BCUT2D eigenvalue weighted by Crippen LogP contribution is 2.37. The highest BCUT2D eigenvalue weighted by atomic mass is 32.2. The number of ether oxygens (including phenoxy) is 1. The SMILES string of the molecule is Cc1ncnc(N2CC3CN(S(=O)(=O)c4ccc5c(c4)CCO5)CC3C2)c1C. The molecule has 5 rings (SSSR count). The minimum atomic E-state index is -3.47. The molecule has 2 fully saturated rings. The zero-order chi connectivity index (χ0) is 19.5. The first-order valence-corrected chi connectivity index (χ1v) is 11.2.